The Morgan fingerprint density at radius 2 is 1.48 bits per heavy atom. The van der Waals surface area contributed by atoms with Gasteiger partial charge in [0.15, 0.2) is 5.69 Å². The van der Waals surface area contributed by atoms with Gasteiger partial charge in [0.2, 0.25) is 5.78 Å². The van der Waals surface area contributed by atoms with Crippen molar-refractivity contribution in [2.24, 2.45) is 0 Å². The monoisotopic (exact) mass is 365 g/mol. The smallest absolute Gasteiger partial charge is 0.255 e. The molecule has 3 aromatic rings. The van der Waals surface area contributed by atoms with Crippen LogP contribution in [-0.4, -0.2) is 40.8 Å². The van der Waals surface area contributed by atoms with Gasteiger partial charge >= 0.3 is 0 Å². The highest BCUT2D eigenvalue weighted by Crippen LogP contribution is 2.14. The maximum atomic E-state index is 12.3. The molecule has 0 spiro atoms. The van der Waals surface area contributed by atoms with Crippen molar-refractivity contribution in [1.29, 1.82) is 0 Å². The van der Waals surface area contributed by atoms with E-state index in [9.17, 15) is 9.59 Å². The molecule has 7 heteroatoms. The molecule has 0 atom stereocenters. The molecule has 3 rings (SSSR count). The van der Waals surface area contributed by atoms with Crippen LogP contribution in [0.15, 0.2) is 54.7 Å². The molecule has 0 radical (unpaired) electrons. The second kappa shape index (κ2) is 8.27. The number of carbonyl (C=O) groups excluding carboxylic acids is 2. The summed E-state index contributed by atoms with van der Waals surface area (Å²) in [6, 6.07) is 14.1. The zero-order chi connectivity index (χ0) is 19.2. The van der Waals surface area contributed by atoms with Gasteiger partial charge in [-0.3, -0.25) is 14.3 Å². The molecular weight excluding hydrogens is 346 g/mol. The number of ether oxygens (including phenoxy) is 2. The van der Waals surface area contributed by atoms with Crippen molar-refractivity contribution >= 4 is 11.6 Å². The highest BCUT2D eigenvalue weighted by atomic mass is 16.5. The normalized spacial score (nSPS) is 10.4. The predicted molar refractivity (Wildman–Crippen MR) is 98.4 cm³/mol. The maximum Gasteiger partial charge on any atom is 0.255 e. The van der Waals surface area contributed by atoms with Crippen molar-refractivity contribution in [2.45, 2.75) is 13.0 Å². The van der Waals surface area contributed by atoms with Crippen molar-refractivity contribution in [2.75, 3.05) is 14.2 Å². The second-order valence-corrected chi connectivity index (χ2v) is 5.85. The topological polar surface area (TPSA) is 83.3 Å². The fourth-order valence-electron chi connectivity index (χ4n) is 2.54. The Morgan fingerprint density at radius 1 is 0.889 bits per heavy atom. The van der Waals surface area contributed by atoms with Gasteiger partial charge < -0.3 is 9.47 Å². The molecular formula is C20H19N3O4. The van der Waals surface area contributed by atoms with Gasteiger partial charge in [-0.25, -0.2) is 0 Å². The lowest BCUT2D eigenvalue weighted by molar-refractivity contribution is 0.0814. The number of hydrogen-bond donors (Lipinski definition) is 0. The van der Waals surface area contributed by atoms with Crippen LogP contribution in [0.25, 0.3) is 0 Å². The minimum absolute atomic E-state index is 0.0329. The number of benzene rings is 2. The molecule has 0 bridgehead atoms. The van der Waals surface area contributed by atoms with E-state index in [2.05, 4.69) is 10.3 Å². The molecule has 2 aromatic carbocycles. The molecule has 27 heavy (non-hydrogen) atoms. The number of ketones is 2. The minimum Gasteiger partial charge on any atom is -0.497 e. The van der Waals surface area contributed by atoms with Crippen LogP contribution in [0.4, 0.5) is 0 Å². The van der Waals surface area contributed by atoms with Crippen LogP contribution in [0.1, 0.15) is 26.4 Å². The first-order valence-corrected chi connectivity index (χ1v) is 8.37. The maximum absolute atomic E-state index is 12.3. The molecule has 0 saturated carbocycles. The highest BCUT2D eigenvalue weighted by molar-refractivity contribution is 6.48. The van der Waals surface area contributed by atoms with Gasteiger partial charge in [0.05, 0.1) is 20.4 Å². The van der Waals surface area contributed by atoms with E-state index in [-0.39, 0.29) is 11.3 Å². The number of methoxy groups -OCH3 is 2. The van der Waals surface area contributed by atoms with E-state index in [0.29, 0.717) is 18.7 Å². The van der Waals surface area contributed by atoms with Gasteiger partial charge in [0.25, 0.3) is 5.78 Å². The van der Waals surface area contributed by atoms with Crippen molar-refractivity contribution in [3.05, 3.63) is 71.5 Å². The van der Waals surface area contributed by atoms with E-state index in [1.807, 2.05) is 24.3 Å². The van der Waals surface area contributed by atoms with Gasteiger partial charge in [0, 0.05) is 12.1 Å². The third kappa shape index (κ3) is 4.38. The van der Waals surface area contributed by atoms with Crippen molar-refractivity contribution in [3.8, 4) is 11.5 Å². The summed E-state index contributed by atoms with van der Waals surface area (Å²) in [5.41, 5.74) is 1.42. The Hall–Kier alpha value is -3.48. The van der Waals surface area contributed by atoms with Crippen LogP contribution in [0.5, 0.6) is 11.5 Å². The third-order valence-electron chi connectivity index (χ3n) is 4.12. The molecule has 0 aliphatic rings. The van der Waals surface area contributed by atoms with Gasteiger partial charge in [-0.15, -0.1) is 5.10 Å². The van der Waals surface area contributed by atoms with Gasteiger partial charge in [0.1, 0.15) is 11.5 Å². The molecule has 0 N–H and O–H groups in total. The molecule has 0 unspecified atom stereocenters. The van der Waals surface area contributed by atoms with Crippen molar-refractivity contribution in [3.63, 3.8) is 0 Å². The molecule has 1 heterocycles. The highest BCUT2D eigenvalue weighted by Gasteiger charge is 2.21. The van der Waals surface area contributed by atoms with E-state index in [0.717, 1.165) is 11.3 Å². The fraction of sp³-hybridized carbons (Fsp3) is 0.200. The molecule has 0 fully saturated rings. The quantitative estimate of drug-likeness (QED) is 0.451. The number of carbonyl (C=O) groups is 2. The summed E-state index contributed by atoms with van der Waals surface area (Å²) in [5.74, 6) is 0.101. The Kier molecular flexibility index (Phi) is 5.61. The Bertz CT molecular complexity index is 931. The summed E-state index contributed by atoms with van der Waals surface area (Å²) in [6.07, 6.45) is 2.21. The summed E-state index contributed by atoms with van der Waals surface area (Å²) in [6.45, 7) is 0.545. The van der Waals surface area contributed by atoms with E-state index in [1.165, 1.54) is 13.3 Å². The van der Waals surface area contributed by atoms with Crippen molar-refractivity contribution < 1.29 is 19.1 Å². The summed E-state index contributed by atoms with van der Waals surface area (Å²) in [5, 5.41) is 7.77. The number of aryl methyl sites for hydroxylation is 2. The van der Waals surface area contributed by atoms with E-state index in [1.54, 1.807) is 36.1 Å². The van der Waals surface area contributed by atoms with Crippen molar-refractivity contribution in [1.82, 2.24) is 15.0 Å². The van der Waals surface area contributed by atoms with E-state index >= 15 is 0 Å². The molecule has 138 valence electrons. The lowest BCUT2D eigenvalue weighted by Crippen LogP contribution is -2.15. The summed E-state index contributed by atoms with van der Waals surface area (Å²) < 4.78 is 11.7. The molecule has 7 nitrogen and oxygen atoms in total. The van der Waals surface area contributed by atoms with Gasteiger partial charge in [-0.1, -0.05) is 17.3 Å². The fourth-order valence-corrected chi connectivity index (χ4v) is 2.54. The molecule has 1 aromatic heterocycles. The lowest BCUT2D eigenvalue weighted by atomic mass is 10.1. The van der Waals surface area contributed by atoms with E-state index in [4.69, 9.17) is 9.47 Å². The minimum atomic E-state index is -0.684. The number of Topliss-reactive ketones (excluding diaryl/α,β-unsaturated/α-hetero) is 2. The van der Waals surface area contributed by atoms with Crippen LogP contribution in [-0.2, 0) is 13.0 Å². The summed E-state index contributed by atoms with van der Waals surface area (Å²) >= 11 is 0. The SMILES string of the molecule is COc1ccc(CCn2cc(C(=O)C(=O)c3ccc(OC)cc3)nn2)cc1. The number of hydrogen-bond acceptors (Lipinski definition) is 6. The van der Waals surface area contributed by atoms with Crippen LogP contribution < -0.4 is 9.47 Å². The van der Waals surface area contributed by atoms with Crippen LogP contribution in [0.3, 0.4) is 0 Å². The first kappa shape index (κ1) is 18.3. The Labute approximate surface area is 156 Å². The summed E-state index contributed by atoms with van der Waals surface area (Å²) in [7, 11) is 3.16. The standard InChI is InChI=1S/C20H19N3O4/c1-26-16-7-3-14(4-8-16)11-12-23-13-18(21-22-23)20(25)19(24)15-5-9-17(27-2)10-6-15/h3-10,13H,11-12H2,1-2H3. The zero-order valence-corrected chi connectivity index (χ0v) is 15.1. The second-order valence-electron chi connectivity index (χ2n) is 5.85. The van der Waals surface area contributed by atoms with Crippen LogP contribution in [0, 0.1) is 0 Å². The van der Waals surface area contributed by atoms with Crippen LogP contribution >= 0.6 is 0 Å². The van der Waals surface area contributed by atoms with Crippen LogP contribution in [0.2, 0.25) is 0 Å². The largest absolute Gasteiger partial charge is 0.497 e. The number of aromatic nitrogens is 3. The zero-order valence-electron chi connectivity index (χ0n) is 15.1. The first-order valence-electron chi connectivity index (χ1n) is 8.37. The average Bonchev–Trinajstić information content (AvgIpc) is 3.20. The average molecular weight is 365 g/mol. The number of rotatable bonds is 8. The van der Waals surface area contributed by atoms with Gasteiger partial charge in [-0.05, 0) is 48.4 Å². The molecule has 0 aliphatic heterocycles. The Balaban J connectivity index is 1.63. The third-order valence-corrected chi connectivity index (χ3v) is 4.12. The molecule has 0 amide bonds. The molecule has 0 saturated heterocycles. The lowest BCUT2D eigenvalue weighted by Gasteiger charge is -2.03. The van der Waals surface area contributed by atoms with E-state index < -0.39 is 11.6 Å². The first-order chi connectivity index (χ1) is 13.1. The predicted octanol–water partition coefficient (Wildman–Crippen LogP) is 2.60. The number of nitrogens with zero attached hydrogens (tertiary/aromatic N) is 3. The molecule has 0 aliphatic carbocycles. The van der Waals surface area contributed by atoms with Gasteiger partial charge in [-0.2, -0.15) is 0 Å². The Morgan fingerprint density at radius 3 is 2.07 bits per heavy atom. The summed E-state index contributed by atoms with van der Waals surface area (Å²) in [4.78, 5) is 24.7.